The van der Waals surface area contributed by atoms with Gasteiger partial charge in [-0.15, -0.1) is 0 Å². The number of para-hydroxylation sites is 1. The number of benzene rings is 2. The topological polar surface area (TPSA) is 52.3 Å². The zero-order chi connectivity index (χ0) is 10.7. The van der Waals surface area contributed by atoms with Gasteiger partial charge in [0.1, 0.15) is 0 Å². The number of nitrogens with two attached hydrogens (primary N) is 1. The molecule has 2 aromatic rings. The Labute approximate surface area is 88.3 Å². The van der Waals surface area contributed by atoms with Crippen molar-refractivity contribution >= 4 is 17.1 Å². The largest absolute Gasteiger partial charge is 0.754 e. The van der Waals surface area contributed by atoms with Gasteiger partial charge in [-0.2, -0.15) is 0 Å². The van der Waals surface area contributed by atoms with Gasteiger partial charge in [0, 0.05) is 17.1 Å². The van der Waals surface area contributed by atoms with Crippen LogP contribution in [0.1, 0.15) is 0 Å². The van der Waals surface area contributed by atoms with Gasteiger partial charge in [0.2, 0.25) is 0 Å². The Bertz CT molecular complexity index is 442. The third kappa shape index (κ3) is 2.08. The van der Waals surface area contributed by atoms with Crippen LogP contribution in [0.5, 0.6) is 0 Å². The minimum atomic E-state index is 0.543. The van der Waals surface area contributed by atoms with Crippen LogP contribution in [0, 0.1) is 5.21 Å². The first-order valence-electron chi connectivity index (χ1n) is 4.65. The lowest BCUT2D eigenvalue weighted by Gasteiger charge is -2.30. The molecular weight excluding hydrogens is 188 g/mol. The molecule has 0 aliphatic rings. The van der Waals surface area contributed by atoms with Crippen molar-refractivity contribution < 1.29 is 0 Å². The van der Waals surface area contributed by atoms with Gasteiger partial charge in [0.25, 0.3) is 0 Å². The summed E-state index contributed by atoms with van der Waals surface area (Å²) in [7, 11) is 0. The zero-order valence-corrected chi connectivity index (χ0v) is 8.13. The van der Waals surface area contributed by atoms with Crippen LogP contribution in [0.15, 0.2) is 54.6 Å². The van der Waals surface area contributed by atoms with E-state index in [2.05, 4.69) is 0 Å². The minimum absolute atomic E-state index is 0.543. The molecule has 2 aromatic carbocycles. The average Bonchev–Trinajstić information content (AvgIpc) is 2.29. The van der Waals surface area contributed by atoms with E-state index < -0.39 is 0 Å². The molecule has 0 aliphatic carbocycles. The highest BCUT2D eigenvalue weighted by Gasteiger charge is 1.97. The van der Waals surface area contributed by atoms with Crippen molar-refractivity contribution in [2.45, 2.75) is 0 Å². The number of rotatable bonds is 2. The molecule has 15 heavy (non-hydrogen) atoms. The highest BCUT2D eigenvalue weighted by molar-refractivity contribution is 5.66. The highest BCUT2D eigenvalue weighted by atomic mass is 16.5. The Morgan fingerprint density at radius 2 is 1.53 bits per heavy atom. The molecule has 0 amide bonds. The lowest BCUT2D eigenvalue weighted by molar-refractivity contribution is 1.30. The van der Waals surface area contributed by atoms with Gasteiger partial charge in [-0.3, -0.25) is 0 Å². The molecule has 0 unspecified atom stereocenters. The lowest BCUT2D eigenvalue weighted by Crippen LogP contribution is -2.06. The van der Waals surface area contributed by atoms with E-state index >= 15 is 0 Å². The second-order valence-electron chi connectivity index (χ2n) is 3.22. The summed E-state index contributed by atoms with van der Waals surface area (Å²) in [6, 6.07) is 15.9. The summed E-state index contributed by atoms with van der Waals surface area (Å²) >= 11 is 0. The van der Waals surface area contributed by atoms with Gasteiger partial charge in [0.05, 0.1) is 0 Å². The Balaban J connectivity index is 2.32. The molecule has 0 bridgehead atoms. The predicted molar refractivity (Wildman–Crippen MR) is 62.8 cm³/mol. The van der Waals surface area contributed by atoms with E-state index in [1.165, 1.54) is 0 Å². The maximum absolute atomic E-state index is 11.9. The van der Waals surface area contributed by atoms with Crippen LogP contribution in [0.3, 0.4) is 0 Å². The standard InChI is InChI=1S/C12H11N2O/c13-10-5-4-8-12(9-10)14(15)11-6-2-1-3-7-11/h1-9H,13H2/q-1. The van der Waals surface area contributed by atoms with Crippen molar-refractivity contribution in [3.05, 3.63) is 59.8 Å². The van der Waals surface area contributed by atoms with Crippen LogP contribution in [0.4, 0.5) is 17.1 Å². The second kappa shape index (κ2) is 4.02. The minimum Gasteiger partial charge on any atom is -0.754 e. The normalized spacial score (nSPS) is 9.93. The molecule has 2 rings (SSSR count). The first kappa shape index (κ1) is 9.55. The summed E-state index contributed by atoms with van der Waals surface area (Å²) in [6.07, 6.45) is 0. The third-order valence-corrected chi connectivity index (χ3v) is 2.10. The number of anilines is 3. The van der Waals surface area contributed by atoms with Crippen LogP contribution >= 0.6 is 0 Å². The van der Waals surface area contributed by atoms with Gasteiger partial charge in [-0.05, 0) is 30.3 Å². The fourth-order valence-electron chi connectivity index (χ4n) is 1.36. The molecular formula is C12H11N2O-. The van der Waals surface area contributed by atoms with E-state index in [-0.39, 0.29) is 0 Å². The van der Waals surface area contributed by atoms with Crippen LogP contribution in [-0.4, -0.2) is 0 Å². The molecule has 0 radical (unpaired) electrons. The fraction of sp³-hybridized carbons (Fsp3) is 0. The Hall–Kier alpha value is -2.00. The first-order chi connectivity index (χ1) is 7.27. The van der Waals surface area contributed by atoms with Crippen LogP contribution in [0.25, 0.3) is 0 Å². The maximum atomic E-state index is 11.9. The van der Waals surface area contributed by atoms with E-state index in [4.69, 9.17) is 5.73 Å². The Kier molecular flexibility index (Phi) is 2.56. The van der Waals surface area contributed by atoms with E-state index in [0.717, 1.165) is 5.06 Å². The number of hydrogen-bond acceptors (Lipinski definition) is 3. The first-order valence-corrected chi connectivity index (χ1v) is 4.65. The molecule has 0 spiro atoms. The average molecular weight is 199 g/mol. The molecule has 0 saturated carbocycles. The molecule has 3 nitrogen and oxygen atoms in total. The van der Waals surface area contributed by atoms with Crippen molar-refractivity contribution in [1.82, 2.24) is 0 Å². The Morgan fingerprint density at radius 3 is 2.20 bits per heavy atom. The van der Waals surface area contributed by atoms with Gasteiger partial charge < -0.3 is 16.0 Å². The predicted octanol–water partition coefficient (Wildman–Crippen LogP) is 2.90. The highest BCUT2D eigenvalue weighted by Crippen LogP contribution is 2.24. The molecule has 0 saturated heterocycles. The van der Waals surface area contributed by atoms with Gasteiger partial charge in [-0.25, -0.2) is 0 Å². The molecule has 76 valence electrons. The SMILES string of the molecule is Nc1cccc(N([O-])c2ccccc2)c1. The fourth-order valence-corrected chi connectivity index (χ4v) is 1.36. The summed E-state index contributed by atoms with van der Waals surface area (Å²) in [6.45, 7) is 0. The Morgan fingerprint density at radius 1 is 0.867 bits per heavy atom. The van der Waals surface area contributed by atoms with E-state index in [1.54, 1.807) is 36.4 Å². The molecule has 0 fully saturated rings. The third-order valence-electron chi connectivity index (χ3n) is 2.10. The molecule has 2 N–H and O–H groups in total. The van der Waals surface area contributed by atoms with Crippen molar-refractivity contribution in [3.63, 3.8) is 0 Å². The maximum Gasteiger partial charge on any atom is 0.0334 e. The van der Waals surface area contributed by atoms with Crippen molar-refractivity contribution in [3.8, 4) is 0 Å². The van der Waals surface area contributed by atoms with Crippen LogP contribution in [0.2, 0.25) is 0 Å². The van der Waals surface area contributed by atoms with Crippen molar-refractivity contribution in [2.75, 3.05) is 10.8 Å². The summed E-state index contributed by atoms with van der Waals surface area (Å²) in [5, 5.41) is 12.7. The van der Waals surface area contributed by atoms with Crippen LogP contribution in [-0.2, 0) is 0 Å². The monoisotopic (exact) mass is 199 g/mol. The summed E-state index contributed by atoms with van der Waals surface area (Å²) in [5.41, 5.74) is 7.34. The van der Waals surface area contributed by atoms with Gasteiger partial charge in [0.15, 0.2) is 0 Å². The van der Waals surface area contributed by atoms with Gasteiger partial charge >= 0.3 is 0 Å². The lowest BCUT2D eigenvalue weighted by atomic mass is 10.2. The molecule has 0 heterocycles. The van der Waals surface area contributed by atoms with Crippen molar-refractivity contribution in [1.29, 1.82) is 0 Å². The summed E-state index contributed by atoms with van der Waals surface area (Å²) in [5.74, 6) is 0. The number of hydrogen-bond donors (Lipinski definition) is 1. The molecule has 0 aliphatic heterocycles. The molecule has 0 atom stereocenters. The molecule has 3 heteroatoms. The number of nitrogen functional groups attached to an aromatic ring is 1. The zero-order valence-electron chi connectivity index (χ0n) is 8.13. The second-order valence-corrected chi connectivity index (χ2v) is 3.22. The molecule has 0 aromatic heterocycles. The quantitative estimate of drug-likeness (QED) is 0.597. The van der Waals surface area contributed by atoms with Crippen molar-refractivity contribution in [2.24, 2.45) is 0 Å². The van der Waals surface area contributed by atoms with E-state index in [0.29, 0.717) is 17.1 Å². The van der Waals surface area contributed by atoms with E-state index in [9.17, 15) is 5.21 Å². The summed E-state index contributed by atoms with van der Waals surface area (Å²) in [4.78, 5) is 0. The smallest absolute Gasteiger partial charge is 0.0334 e. The summed E-state index contributed by atoms with van der Waals surface area (Å²) < 4.78 is 0. The van der Waals surface area contributed by atoms with Crippen LogP contribution < -0.4 is 10.8 Å². The number of nitrogens with zero attached hydrogens (tertiary/aromatic N) is 1. The van der Waals surface area contributed by atoms with Gasteiger partial charge in [-0.1, -0.05) is 24.3 Å². The van der Waals surface area contributed by atoms with E-state index in [1.807, 2.05) is 18.2 Å².